The monoisotopic (exact) mass is 197 g/mol. The average molecular weight is 197 g/mol. The fourth-order valence-electron chi connectivity index (χ4n) is 4.07. The summed E-state index contributed by atoms with van der Waals surface area (Å²) >= 11 is 0. The zero-order valence-corrected chi connectivity index (χ0v) is 10.1. The van der Waals surface area contributed by atoms with E-state index in [1.165, 1.54) is 12.8 Å². The van der Waals surface area contributed by atoms with Crippen molar-refractivity contribution in [1.29, 1.82) is 0 Å². The van der Waals surface area contributed by atoms with Crippen LogP contribution in [0, 0.1) is 16.7 Å². The van der Waals surface area contributed by atoms with Crippen LogP contribution in [0.4, 0.5) is 0 Å². The standard InChI is InChI=1S/C12H23NO/c1-11(2)8-6-7-12(11,3)10(14-5)9(8)13-4/h8-10,13H,6-7H2,1-5H3. The molecular weight excluding hydrogens is 174 g/mol. The molecule has 2 bridgehead atoms. The van der Waals surface area contributed by atoms with Gasteiger partial charge in [0.15, 0.2) is 0 Å². The maximum atomic E-state index is 5.72. The van der Waals surface area contributed by atoms with Crippen LogP contribution in [-0.2, 0) is 4.74 Å². The smallest absolute Gasteiger partial charge is 0.0785 e. The first-order valence-electron chi connectivity index (χ1n) is 5.69. The van der Waals surface area contributed by atoms with E-state index in [1.807, 2.05) is 7.11 Å². The number of methoxy groups -OCH3 is 1. The predicted molar refractivity (Wildman–Crippen MR) is 58.3 cm³/mol. The number of hydrogen-bond acceptors (Lipinski definition) is 2. The Balaban J connectivity index is 2.38. The molecule has 2 heteroatoms. The lowest BCUT2D eigenvalue weighted by Crippen LogP contribution is -2.46. The predicted octanol–water partition coefficient (Wildman–Crippen LogP) is 2.05. The number of rotatable bonds is 2. The molecule has 0 heterocycles. The quantitative estimate of drug-likeness (QED) is 0.731. The zero-order valence-electron chi connectivity index (χ0n) is 10.1. The van der Waals surface area contributed by atoms with Gasteiger partial charge in [-0.1, -0.05) is 20.8 Å². The molecule has 2 rings (SSSR count). The minimum absolute atomic E-state index is 0.361. The van der Waals surface area contributed by atoms with Gasteiger partial charge in [0.2, 0.25) is 0 Å². The van der Waals surface area contributed by atoms with Crippen LogP contribution in [0.25, 0.3) is 0 Å². The highest BCUT2D eigenvalue weighted by Crippen LogP contribution is 2.65. The fourth-order valence-corrected chi connectivity index (χ4v) is 4.07. The van der Waals surface area contributed by atoms with E-state index >= 15 is 0 Å². The van der Waals surface area contributed by atoms with Crippen molar-refractivity contribution in [2.45, 2.75) is 45.8 Å². The van der Waals surface area contributed by atoms with E-state index < -0.39 is 0 Å². The van der Waals surface area contributed by atoms with Crippen LogP contribution in [0.2, 0.25) is 0 Å². The number of hydrogen-bond donors (Lipinski definition) is 1. The molecule has 14 heavy (non-hydrogen) atoms. The molecule has 0 saturated heterocycles. The lowest BCUT2D eigenvalue weighted by molar-refractivity contribution is -0.0313. The van der Waals surface area contributed by atoms with E-state index in [9.17, 15) is 0 Å². The van der Waals surface area contributed by atoms with E-state index in [1.54, 1.807) is 0 Å². The molecule has 0 aliphatic heterocycles. The second kappa shape index (κ2) is 2.96. The molecule has 4 atom stereocenters. The van der Waals surface area contributed by atoms with Crippen molar-refractivity contribution >= 4 is 0 Å². The van der Waals surface area contributed by atoms with Crippen LogP contribution in [0.15, 0.2) is 0 Å². The Morgan fingerprint density at radius 3 is 2.36 bits per heavy atom. The summed E-state index contributed by atoms with van der Waals surface area (Å²) in [5, 5.41) is 3.45. The molecule has 0 radical (unpaired) electrons. The van der Waals surface area contributed by atoms with Gasteiger partial charge < -0.3 is 10.1 Å². The number of ether oxygens (including phenoxy) is 1. The Labute approximate surface area is 87.4 Å². The third-order valence-corrected chi connectivity index (χ3v) is 5.35. The molecule has 0 aromatic heterocycles. The Bertz CT molecular complexity index is 238. The Morgan fingerprint density at radius 2 is 1.93 bits per heavy atom. The molecular formula is C12H23NO. The molecule has 1 N–H and O–H groups in total. The molecule has 0 aromatic rings. The molecule has 2 fully saturated rings. The topological polar surface area (TPSA) is 21.3 Å². The summed E-state index contributed by atoms with van der Waals surface area (Å²) in [4.78, 5) is 0. The molecule has 0 spiro atoms. The summed E-state index contributed by atoms with van der Waals surface area (Å²) in [7, 11) is 3.92. The summed E-state index contributed by atoms with van der Waals surface area (Å²) < 4.78 is 5.72. The number of likely N-dealkylation sites (N-methyl/N-ethyl adjacent to an activating group) is 1. The summed E-state index contributed by atoms with van der Waals surface area (Å²) in [6.45, 7) is 7.22. The van der Waals surface area contributed by atoms with Gasteiger partial charge in [-0.15, -0.1) is 0 Å². The van der Waals surface area contributed by atoms with Gasteiger partial charge in [0.25, 0.3) is 0 Å². The molecule has 0 aromatic carbocycles. The fraction of sp³-hybridized carbons (Fsp3) is 1.00. The SMILES string of the molecule is CNC1C2CCC(C)(C1OC)C2(C)C. The Hall–Kier alpha value is -0.0800. The van der Waals surface area contributed by atoms with Crippen molar-refractivity contribution in [2.75, 3.05) is 14.2 Å². The minimum Gasteiger partial charge on any atom is -0.379 e. The lowest BCUT2D eigenvalue weighted by Gasteiger charge is -2.39. The van der Waals surface area contributed by atoms with Crippen LogP contribution in [0.5, 0.6) is 0 Å². The Kier molecular flexibility index (Phi) is 2.20. The largest absolute Gasteiger partial charge is 0.379 e. The number of fused-ring (bicyclic) bond motifs is 2. The normalized spacial score (nSPS) is 49.9. The highest BCUT2D eigenvalue weighted by molar-refractivity contribution is 5.17. The van der Waals surface area contributed by atoms with E-state index in [0.717, 1.165) is 5.92 Å². The van der Waals surface area contributed by atoms with Crippen LogP contribution >= 0.6 is 0 Å². The van der Waals surface area contributed by atoms with Gasteiger partial charge in [-0.3, -0.25) is 0 Å². The third kappa shape index (κ3) is 0.938. The number of nitrogens with one attached hydrogen (secondary N) is 1. The van der Waals surface area contributed by atoms with Crippen molar-refractivity contribution < 1.29 is 4.74 Å². The van der Waals surface area contributed by atoms with Crippen molar-refractivity contribution in [3.63, 3.8) is 0 Å². The summed E-state index contributed by atoms with van der Waals surface area (Å²) in [6, 6.07) is 0.550. The lowest BCUT2D eigenvalue weighted by atomic mass is 9.70. The van der Waals surface area contributed by atoms with Gasteiger partial charge in [0.05, 0.1) is 6.10 Å². The van der Waals surface area contributed by atoms with Crippen molar-refractivity contribution in [3.05, 3.63) is 0 Å². The molecule has 2 aliphatic carbocycles. The summed E-state index contributed by atoms with van der Waals surface area (Å²) in [6.07, 6.45) is 3.07. The third-order valence-electron chi connectivity index (χ3n) is 5.35. The second-order valence-corrected chi connectivity index (χ2v) is 5.76. The van der Waals surface area contributed by atoms with Crippen molar-refractivity contribution in [3.8, 4) is 0 Å². The molecule has 4 unspecified atom stereocenters. The highest BCUT2D eigenvalue weighted by Gasteiger charge is 2.66. The van der Waals surface area contributed by atoms with Crippen LogP contribution < -0.4 is 5.32 Å². The average Bonchev–Trinajstić information content (AvgIpc) is 2.46. The zero-order chi connectivity index (χ0) is 10.6. The summed E-state index contributed by atoms with van der Waals surface area (Å²) in [5.74, 6) is 0.780. The van der Waals surface area contributed by atoms with Crippen LogP contribution in [0.1, 0.15) is 33.6 Å². The van der Waals surface area contributed by atoms with E-state index in [2.05, 4.69) is 33.1 Å². The maximum absolute atomic E-state index is 5.72. The van der Waals surface area contributed by atoms with Gasteiger partial charge in [0, 0.05) is 18.6 Å². The van der Waals surface area contributed by atoms with Gasteiger partial charge in [-0.25, -0.2) is 0 Å². The van der Waals surface area contributed by atoms with Crippen LogP contribution in [0.3, 0.4) is 0 Å². The first-order valence-corrected chi connectivity index (χ1v) is 5.69. The maximum Gasteiger partial charge on any atom is 0.0785 e. The highest BCUT2D eigenvalue weighted by atomic mass is 16.5. The van der Waals surface area contributed by atoms with Crippen LogP contribution in [-0.4, -0.2) is 26.3 Å². The van der Waals surface area contributed by atoms with E-state index in [4.69, 9.17) is 4.74 Å². The van der Waals surface area contributed by atoms with E-state index in [0.29, 0.717) is 23.0 Å². The molecule has 2 nitrogen and oxygen atoms in total. The van der Waals surface area contributed by atoms with Gasteiger partial charge in [-0.2, -0.15) is 0 Å². The van der Waals surface area contributed by atoms with Crippen molar-refractivity contribution in [2.24, 2.45) is 16.7 Å². The molecule has 82 valence electrons. The minimum atomic E-state index is 0.361. The van der Waals surface area contributed by atoms with Crippen molar-refractivity contribution in [1.82, 2.24) is 5.32 Å². The second-order valence-electron chi connectivity index (χ2n) is 5.76. The van der Waals surface area contributed by atoms with Gasteiger partial charge >= 0.3 is 0 Å². The summed E-state index contributed by atoms with van der Waals surface area (Å²) in [5.41, 5.74) is 0.779. The van der Waals surface area contributed by atoms with Gasteiger partial charge in [-0.05, 0) is 31.2 Å². The first kappa shape index (κ1) is 10.4. The first-order chi connectivity index (χ1) is 6.49. The van der Waals surface area contributed by atoms with E-state index in [-0.39, 0.29) is 0 Å². The molecule has 2 saturated carbocycles. The molecule has 2 aliphatic rings. The van der Waals surface area contributed by atoms with Gasteiger partial charge in [0.1, 0.15) is 0 Å². The molecule has 0 amide bonds. The Morgan fingerprint density at radius 1 is 1.29 bits per heavy atom.